The number of anilines is 1. The van der Waals surface area contributed by atoms with Crippen LogP contribution in [-0.4, -0.2) is 10.9 Å². The predicted octanol–water partition coefficient (Wildman–Crippen LogP) is 7.38. The zero-order valence-electron chi connectivity index (χ0n) is 14.8. The van der Waals surface area contributed by atoms with E-state index in [1.165, 1.54) is 6.07 Å². The Labute approximate surface area is 186 Å². The Bertz CT molecular complexity index is 1170. The highest BCUT2D eigenvalue weighted by atomic mass is 35.5. The standard InChI is InChI=1S/C19H8Cl3F5N2O2/c20-13-12(17(30)28-11-6-2-5-10(23)15(11)24)18(29-16(22)14(13)21)31-9-4-1-3-8(7-9)19(25,26)27/h1-7H,(H,28,30). The number of nitrogens with one attached hydrogen (secondary N) is 1. The summed E-state index contributed by atoms with van der Waals surface area (Å²) in [6.07, 6.45) is -4.66. The van der Waals surface area contributed by atoms with Crippen molar-refractivity contribution in [3.63, 3.8) is 0 Å². The summed E-state index contributed by atoms with van der Waals surface area (Å²) in [6, 6.07) is 6.75. The van der Waals surface area contributed by atoms with Crippen molar-refractivity contribution in [3.8, 4) is 11.6 Å². The molecule has 3 aromatic rings. The van der Waals surface area contributed by atoms with Crippen LogP contribution in [0.25, 0.3) is 0 Å². The minimum atomic E-state index is -4.66. The number of hydrogen-bond acceptors (Lipinski definition) is 3. The van der Waals surface area contributed by atoms with Gasteiger partial charge in [-0.1, -0.05) is 46.9 Å². The molecule has 2 aromatic carbocycles. The molecule has 0 saturated carbocycles. The molecule has 1 heterocycles. The number of hydrogen-bond donors (Lipinski definition) is 1. The molecule has 3 rings (SSSR count). The largest absolute Gasteiger partial charge is 0.438 e. The van der Waals surface area contributed by atoms with Gasteiger partial charge in [-0.25, -0.2) is 8.78 Å². The SMILES string of the molecule is O=C(Nc1cccc(F)c1F)c1c(Oc2cccc(C(F)(F)F)c2)nc(Cl)c(Cl)c1Cl. The molecule has 0 aliphatic rings. The van der Waals surface area contributed by atoms with Crippen LogP contribution in [0.2, 0.25) is 15.2 Å². The summed E-state index contributed by atoms with van der Waals surface area (Å²) in [4.78, 5) is 16.5. The maximum Gasteiger partial charge on any atom is 0.416 e. The zero-order chi connectivity index (χ0) is 22.9. The van der Waals surface area contributed by atoms with Gasteiger partial charge in [-0.2, -0.15) is 18.2 Å². The molecule has 1 aromatic heterocycles. The molecule has 0 unspecified atom stereocenters. The number of rotatable bonds is 4. The molecule has 162 valence electrons. The minimum absolute atomic E-state index is 0.345. The monoisotopic (exact) mass is 496 g/mol. The quantitative estimate of drug-likeness (QED) is 0.302. The third-order valence-corrected chi connectivity index (χ3v) is 5.02. The molecular formula is C19H8Cl3F5N2O2. The van der Waals surface area contributed by atoms with Crippen LogP contribution in [0.5, 0.6) is 11.6 Å². The van der Waals surface area contributed by atoms with Crippen LogP contribution in [0.1, 0.15) is 15.9 Å². The highest BCUT2D eigenvalue weighted by Crippen LogP contribution is 2.39. The first-order valence-electron chi connectivity index (χ1n) is 8.14. The molecule has 0 radical (unpaired) electrons. The lowest BCUT2D eigenvalue weighted by Gasteiger charge is -2.15. The number of aromatic nitrogens is 1. The fourth-order valence-electron chi connectivity index (χ4n) is 2.39. The first-order chi connectivity index (χ1) is 14.5. The molecule has 1 N–H and O–H groups in total. The van der Waals surface area contributed by atoms with Crippen molar-refractivity contribution in [1.82, 2.24) is 4.98 Å². The Morgan fingerprint density at radius 1 is 1.00 bits per heavy atom. The van der Waals surface area contributed by atoms with Gasteiger partial charge in [-0.15, -0.1) is 0 Å². The molecule has 0 bridgehead atoms. The highest BCUT2D eigenvalue weighted by molar-refractivity contribution is 6.49. The second kappa shape index (κ2) is 8.86. The third-order valence-electron chi connectivity index (χ3n) is 3.81. The van der Waals surface area contributed by atoms with Gasteiger partial charge in [-0.3, -0.25) is 4.79 Å². The van der Waals surface area contributed by atoms with Crippen LogP contribution >= 0.6 is 34.8 Å². The highest BCUT2D eigenvalue weighted by Gasteiger charge is 2.31. The molecule has 0 saturated heterocycles. The second-order valence-electron chi connectivity index (χ2n) is 5.89. The summed E-state index contributed by atoms with van der Waals surface area (Å²) < 4.78 is 71.5. The zero-order valence-corrected chi connectivity index (χ0v) is 17.1. The van der Waals surface area contributed by atoms with Crippen LogP contribution in [0.4, 0.5) is 27.6 Å². The first kappa shape index (κ1) is 23.1. The Morgan fingerprint density at radius 3 is 2.35 bits per heavy atom. The van der Waals surface area contributed by atoms with Gasteiger partial charge in [0.25, 0.3) is 5.91 Å². The summed E-state index contributed by atoms with van der Waals surface area (Å²) in [7, 11) is 0. The van der Waals surface area contributed by atoms with E-state index in [1.807, 2.05) is 0 Å². The molecule has 31 heavy (non-hydrogen) atoms. The predicted molar refractivity (Wildman–Crippen MR) is 105 cm³/mol. The average Bonchev–Trinajstić information content (AvgIpc) is 2.69. The Hall–Kier alpha value is -2.62. The summed E-state index contributed by atoms with van der Waals surface area (Å²) in [5, 5.41) is 0.859. The van der Waals surface area contributed by atoms with Gasteiger partial charge in [0.2, 0.25) is 5.88 Å². The van der Waals surface area contributed by atoms with Crippen molar-refractivity contribution in [2.24, 2.45) is 0 Å². The lowest BCUT2D eigenvalue weighted by Crippen LogP contribution is -2.16. The van der Waals surface area contributed by atoms with E-state index in [1.54, 1.807) is 0 Å². The number of ether oxygens (including phenoxy) is 1. The van der Waals surface area contributed by atoms with E-state index < -0.39 is 56.6 Å². The number of pyridine rings is 1. The topological polar surface area (TPSA) is 51.2 Å². The van der Waals surface area contributed by atoms with Gasteiger partial charge < -0.3 is 10.1 Å². The van der Waals surface area contributed by atoms with E-state index in [-0.39, 0.29) is 10.8 Å². The molecule has 1 amide bonds. The van der Waals surface area contributed by atoms with Crippen LogP contribution in [-0.2, 0) is 6.18 Å². The lowest BCUT2D eigenvalue weighted by atomic mass is 10.2. The van der Waals surface area contributed by atoms with Crippen molar-refractivity contribution in [2.45, 2.75) is 6.18 Å². The average molecular weight is 498 g/mol. The Balaban J connectivity index is 2.04. The van der Waals surface area contributed by atoms with E-state index in [4.69, 9.17) is 39.5 Å². The number of amides is 1. The van der Waals surface area contributed by atoms with Gasteiger partial charge in [0, 0.05) is 0 Å². The Kier molecular flexibility index (Phi) is 6.59. The maximum absolute atomic E-state index is 13.9. The smallest absolute Gasteiger partial charge is 0.416 e. The number of carbonyl (C=O) groups is 1. The molecule has 12 heteroatoms. The van der Waals surface area contributed by atoms with Gasteiger partial charge in [0.15, 0.2) is 16.8 Å². The molecule has 4 nitrogen and oxygen atoms in total. The van der Waals surface area contributed by atoms with Gasteiger partial charge >= 0.3 is 6.18 Å². The molecule has 0 spiro atoms. The lowest BCUT2D eigenvalue weighted by molar-refractivity contribution is -0.137. The number of nitrogens with zero attached hydrogens (tertiary/aromatic N) is 1. The van der Waals surface area contributed by atoms with E-state index >= 15 is 0 Å². The van der Waals surface area contributed by atoms with E-state index in [0.29, 0.717) is 6.07 Å². The summed E-state index contributed by atoms with van der Waals surface area (Å²) in [5.41, 5.74) is -2.11. The van der Waals surface area contributed by atoms with Crippen molar-refractivity contribution < 1.29 is 31.5 Å². The number of benzene rings is 2. The van der Waals surface area contributed by atoms with Crippen LogP contribution in [0, 0.1) is 11.6 Å². The maximum atomic E-state index is 13.9. The Morgan fingerprint density at radius 2 is 1.68 bits per heavy atom. The first-order valence-corrected chi connectivity index (χ1v) is 9.27. The van der Waals surface area contributed by atoms with Crippen LogP contribution < -0.4 is 10.1 Å². The minimum Gasteiger partial charge on any atom is -0.438 e. The van der Waals surface area contributed by atoms with Gasteiger partial charge in [-0.05, 0) is 30.3 Å². The van der Waals surface area contributed by atoms with Gasteiger partial charge in [0.1, 0.15) is 11.3 Å². The number of halogens is 8. The molecule has 0 fully saturated rings. The molecule has 0 atom stereocenters. The molecule has 0 aliphatic heterocycles. The fraction of sp³-hybridized carbons (Fsp3) is 0.0526. The van der Waals surface area contributed by atoms with Crippen molar-refractivity contribution in [3.05, 3.63) is 80.4 Å². The third kappa shape index (κ3) is 5.00. The normalized spacial score (nSPS) is 11.4. The molecular weight excluding hydrogens is 490 g/mol. The van der Waals surface area contributed by atoms with E-state index in [9.17, 15) is 26.7 Å². The van der Waals surface area contributed by atoms with Crippen LogP contribution in [0.15, 0.2) is 42.5 Å². The molecule has 0 aliphatic carbocycles. The summed E-state index contributed by atoms with van der Waals surface area (Å²) in [5.74, 6) is -4.64. The summed E-state index contributed by atoms with van der Waals surface area (Å²) in [6.45, 7) is 0. The van der Waals surface area contributed by atoms with Crippen LogP contribution in [0.3, 0.4) is 0 Å². The fourth-order valence-corrected chi connectivity index (χ4v) is 3.00. The van der Waals surface area contributed by atoms with E-state index in [2.05, 4.69) is 10.3 Å². The van der Waals surface area contributed by atoms with Crippen molar-refractivity contribution in [1.29, 1.82) is 0 Å². The second-order valence-corrected chi connectivity index (χ2v) is 7.01. The number of carbonyl (C=O) groups excluding carboxylic acids is 1. The van der Waals surface area contributed by atoms with Crippen molar-refractivity contribution >= 4 is 46.4 Å². The van der Waals surface area contributed by atoms with E-state index in [0.717, 1.165) is 30.3 Å². The van der Waals surface area contributed by atoms with Gasteiger partial charge in [0.05, 0.1) is 21.3 Å². The van der Waals surface area contributed by atoms with Crippen molar-refractivity contribution in [2.75, 3.05) is 5.32 Å². The summed E-state index contributed by atoms with van der Waals surface area (Å²) >= 11 is 17.8. The number of alkyl halides is 3.